The molecule has 2 fully saturated rings. The van der Waals surface area contributed by atoms with Gasteiger partial charge >= 0.3 is 0 Å². The molecule has 5 nitrogen and oxygen atoms in total. The van der Waals surface area contributed by atoms with E-state index in [0.717, 1.165) is 51.9 Å². The third-order valence-corrected chi connectivity index (χ3v) is 4.63. The van der Waals surface area contributed by atoms with Crippen molar-refractivity contribution in [2.45, 2.75) is 51.1 Å². The van der Waals surface area contributed by atoms with Gasteiger partial charge in [0.2, 0.25) is 5.91 Å². The van der Waals surface area contributed by atoms with Crippen LogP contribution in [0.15, 0.2) is 0 Å². The Bertz CT molecular complexity index is 392. The molecule has 0 bridgehead atoms. The summed E-state index contributed by atoms with van der Waals surface area (Å²) in [5.41, 5.74) is -0.459. The van der Waals surface area contributed by atoms with E-state index in [0.29, 0.717) is 6.04 Å². The number of amides is 1. The predicted molar refractivity (Wildman–Crippen MR) is 78.0 cm³/mol. The second kappa shape index (κ2) is 6.55. The lowest BCUT2D eigenvalue weighted by atomic mass is 9.90. The summed E-state index contributed by atoms with van der Waals surface area (Å²) < 4.78 is 0. The normalized spacial score (nSPS) is 29.4. The number of likely N-dealkylation sites (tertiary alicyclic amines) is 1. The van der Waals surface area contributed by atoms with Gasteiger partial charge in [-0.15, -0.1) is 0 Å². The lowest BCUT2D eigenvalue weighted by Crippen LogP contribution is -2.49. The number of carbonyl (C=O) groups excluding carboxylic acids is 1. The van der Waals surface area contributed by atoms with Crippen LogP contribution in [0.4, 0.5) is 0 Å². The van der Waals surface area contributed by atoms with Gasteiger partial charge in [-0.2, -0.15) is 5.26 Å². The van der Waals surface area contributed by atoms with Crippen molar-refractivity contribution in [2.24, 2.45) is 5.92 Å². The van der Waals surface area contributed by atoms with Crippen molar-refractivity contribution in [3.8, 4) is 6.07 Å². The molecular formula is C15H26N4O. The second-order valence-corrected chi connectivity index (χ2v) is 6.22. The molecule has 0 aliphatic carbocycles. The monoisotopic (exact) mass is 278 g/mol. The highest BCUT2D eigenvalue weighted by Gasteiger charge is 2.41. The van der Waals surface area contributed by atoms with Crippen molar-refractivity contribution in [1.29, 1.82) is 5.26 Å². The highest BCUT2D eigenvalue weighted by molar-refractivity contribution is 5.82. The second-order valence-electron chi connectivity index (χ2n) is 6.22. The molecule has 0 aromatic carbocycles. The molecule has 0 radical (unpaired) electrons. The van der Waals surface area contributed by atoms with Gasteiger partial charge in [0.25, 0.3) is 0 Å². The van der Waals surface area contributed by atoms with Crippen molar-refractivity contribution in [3.63, 3.8) is 0 Å². The summed E-state index contributed by atoms with van der Waals surface area (Å²) in [5, 5.41) is 15.7. The summed E-state index contributed by atoms with van der Waals surface area (Å²) in [6.45, 7) is 7.66. The van der Waals surface area contributed by atoms with Crippen LogP contribution in [0, 0.1) is 17.2 Å². The summed E-state index contributed by atoms with van der Waals surface area (Å²) in [6, 6.07) is 2.74. The van der Waals surface area contributed by atoms with Crippen LogP contribution in [0.25, 0.3) is 0 Å². The van der Waals surface area contributed by atoms with Gasteiger partial charge in [-0.3, -0.25) is 15.0 Å². The standard InChI is InChI=1S/C15H26N4O/c1-3-7-18-15(2,11-16)6-9-19-8-4-5-12-13(19)10-17-14(12)20/h12-13,18H,3-10H2,1-2H3,(H,17,20). The molecule has 112 valence electrons. The summed E-state index contributed by atoms with van der Waals surface area (Å²) in [5.74, 6) is 0.382. The number of rotatable bonds is 6. The minimum atomic E-state index is -0.459. The summed E-state index contributed by atoms with van der Waals surface area (Å²) in [7, 11) is 0. The van der Waals surface area contributed by atoms with Gasteiger partial charge in [-0.05, 0) is 45.7 Å². The number of nitrogens with one attached hydrogen (secondary N) is 2. The Morgan fingerprint density at radius 2 is 2.40 bits per heavy atom. The zero-order chi connectivity index (χ0) is 14.6. The molecule has 3 atom stereocenters. The third-order valence-electron chi connectivity index (χ3n) is 4.63. The number of hydrogen-bond acceptors (Lipinski definition) is 4. The largest absolute Gasteiger partial charge is 0.354 e. The van der Waals surface area contributed by atoms with E-state index in [1.165, 1.54) is 0 Å². The number of piperidine rings is 1. The molecule has 2 N–H and O–H groups in total. The van der Waals surface area contributed by atoms with Crippen LogP contribution in [0.3, 0.4) is 0 Å². The Kier molecular flexibility index (Phi) is 5.00. The molecule has 3 unspecified atom stereocenters. The first-order valence-corrected chi connectivity index (χ1v) is 7.77. The first-order valence-electron chi connectivity index (χ1n) is 7.77. The topological polar surface area (TPSA) is 68.2 Å². The first kappa shape index (κ1) is 15.3. The number of carbonyl (C=O) groups is 1. The molecule has 0 aromatic rings. The Balaban J connectivity index is 1.89. The quantitative estimate of drug-likeness (QED) is 0.756. The lowest BCUT2D eigenvalue weighted by molar-refractivity contribution is -0.124. The average molecular weight is 278 g/mol. The number of hydrogen-bond donors (Lipinski definition) is 2. The Labute approximate surface area is 121 Å². The summed E-state index contributed by atoms with van der Waals surface area (Å²) in [4.78, 5) is 14.1. The minimum Gasteiger partial charge on any atom is -0.354 e. The van der Waals surface area contributed by atoms with Crippen LogP contribution >= 0.6 is 0 Å². The highest BCUT2D eigenvalue weighted by atomic mass is 16.2. The van der Waals surface area contributed by atoms with Crippen LogP contribution in [0.5, 0.6) is 0 Å². The van der Waals surface area contributed by atoms with E-state index in [9.17, 15) is 10.1 Å². The molecule has 20 heavy (non-hydrogen) atoms. The zero-order valence-corrected chi connectivity index (χ0v) is 12.6. The molecule has 2 heterocycles. The van der Waals surface area contributed by atoms with E-state index in [1.54, 1.807) is 0 Å². The highest BCUT2D eigenvalue weighted by Crippen LogP contribution is 2.28. The lowest BCUT2D eigenvalue weighted by Gasteiger charge is -2.37. The molecule has 2 rings (SSSR count). The smallest absolute Gasteiger partial charge is 0.224 e. The van der Waals surface area contributed by atoms with Crippen molar-refractivity contribution in [2.75, 3.05) is 26.2 Å². The van der Waals surface area contributed by atoms with Crippen LogP contribution < -0.4 is 10.6 Å². The van der Waals surface area contributed by atoms with Crippen LogP contribution in [0.1, 0.15) is 39.5 Å². The first-order chi connectivity index (χ1) is 9.59. The molecule has 2 aliphatic rings. The molecule has 0 spiro atoms. The number of nitriles is 1. The summed E-state index contributed by atoms with van der Waals surface area (Å²) >= 11 is 0. The minimum absolute atomic E-state index is 0.167. The number of fused-ring (bicyclic) bond motifs is 1. The van der Waals surface area contributed by atoms with E-state index in [1.807, 2.05) is 6.92 Å². The van der Waals surface area contributed by atoms with Gasteiger partial charge in [0.1, 0.15) is 5.54 Å². The fourth-order valence-electron chi connectivity index (χ4n) is 3.27. The van der Waals surface area contributed by atoms with Crippen molar-refractivity contribution < 1.29 is 4.79 Å². The Hall–Kier alpha value is -1.12. The van der Waals surface area contributed by atoms with Crippen LogP contribution in [-0.4, -0.2) is 48.6 Å². The van der Waals surface area contributed by atoms with Gasteiger partial charge in [0.15, 0.2) is 0 Å². The molecule has 1 amide bonds. The SMILES string of the molecule is CCCNC(C)(C#N)CCN1CCCC2C(=O)NCC21. The fraction of sp³-hybridized carbons (Fsp3) is 0.867. The van der Waals surface area contributed by atoms with Crippen molar-refractivity contribution >= 4 is 5.91 Å². The Morgan fingerprint density at radius 3 is 3.10 bits per heavy atom. The third kappa shape index (κ3) is 3.31. The Morgan fingerprint density at radius 1 is 1.60 bits per heavy atom. The molecule has 0 aromatic heterocycles. The molecular weight excluding hydrogens is 252 g/mol. The molecule has 2 saturated heterocycles. The summed E-state index contributed by atoms with van der Waals surface area (Å²) in [6.07, 6.45) is 3.93. The van der Waals surface area contributed by atoms with Gasteiger partial charge < -0.3 is 5.32 Å². The zero-order valence-electron chi connectivity index (χ0n) is 12.6. The van der Waals surface area contributed by atoms with Gasteiger partial charge in [0.05, 0.1) is 12.0 Å². The fourth-order valence-corrected chi connectivity index (χ4v) is 3.27. The number of nitrogens with zero attached hydrogens (tertiary/aromatic N) is 2. The van der Waals surface area contributed by atoms with E-state index in [2.05, 4.69) is 28.5 Å². The predicted octanol–water partition coefficient (Wildman–Crippen LogP) is 0.869. The van der Waals surface area contributed by atoms with E-state index < -0.39 is 5.54 Å². The average Bonchev–Trinajstić information content (AvgIpc) is 2.85. The van der Waals surface area contributed by atoms with Crippen molar-refractivity contribution in [3.05, 3.63) is 0 Å². The van der Waals surface area contributed by atoms with Gasteiger partial charge in [0, 0.05) is 19.1 Å². The van der Waals surface area contributed by atoms with Crippen LogP contribution in [-0.2, 0) is 4.79 Å². The maximum Gasteiger partial charge on any atom is 0.224 e. The molecule has 0 saturated carbocycles. The van der Waals surface area contributed by atoms with E-state index in [-0.39, 0.29) is 11.8 Å². The maximum absolute atomic E-state index is 11.8. The van der Waals surface area contributed by atoms with Crippen molar-refractivity contribution in [1.82, 2.24) is 15.5 Å². The maximum atomic E-state index is 11.8. The van der Waals surface area contributed by atoms with Crippen LogP contribution in [0.2, 0.25) is 0 Å². The molecule has 2 aliphatic heterocycles. The van der Waals surface area contributed by atoms with Gasteiger partial charge in [-0.25, -0.2) is 0 Å². The molecule has 5 heteroatoms. The van der Waals surface area contributed by atoms with Gasteiger partial charge in [-0.1, -0.05) is 6.92 Å². The van der Waals surface area contributed by atoms with E-state index >= 15 is 0 Å². The van der Waals surface area contributed by atoms with E-state index in [4.69, 9.17) is 0 Å².